The lowest BCUT2D eigenvalue weighted by atomic mass is 9.87. The third-order valence-electron chi connectivity index (χ3n) is 6.36. The van der Waals surface area contributed by atoms with Gasteiger partial charge in [-0.05, 0) is 41.7 Å². The zero-order valence-electron chi connectivity index (χ0n) is 20.2. The number of ether oxygens (including phenoxy) is 1. The molecule has 0 aliphatic heterocycles. The second kappa shape index (κ2) is 9.91. The molecule has 2 aromatic carbocycles. The van der Waals surface area contributed by atoms with Crippen molar-refractivity contribution >= 4 is 22.8 Å². The van der Waals surface area contributed by atoms with Crippen molar-refractivity contribution in [1.82, 2.24) is 24.8 Å². The van der Waals surface area contributed by atoms with Crippen LogP contribution >= 0.6 is 0 Å². The average molecular weight is 459 g/mol. The third-order valence-corrected chi connectivity index (χ3v) is 6.36. The molecule has 176 valence electrons. The summed E-state index contributed by atoms with van der Waals surface area (Å²) < 4.78 is 7.58. The summed E-state index contributed by atoms with van der Waals surface area (Å²) in [5.74, 6) is 1.84. The van der Waals surface area contributed by atoms with Crippen LogP contribution in [-0.4, -0.2) is 46.1 Å². The van der Waals surface area contributed by atoms with Gasteiger partial charge in [0, 0.05) is 37.8 Å². The number of hydrogen-bond donors (Lipinski definition) is 2. The van der Waals surface area contributed by atoms with Gasteiger partial charge in [0.2, 0.25) is 0 Å². The molecule has 0 fully saturated rings. The minimum Gasteiger partial charge on any atom is -0.496 e. The van der Waals surface area contributed by atoms with Crippen LogP contribution in [0.25, 0.3) is 22.3 Å². The number of aryl methyl sites for hydroxylation is 1. The van der Waals surface area contributed by atoms with Gasteiger partial charge in [-0.1, -0.05) is 26.0 Å². The average Bonchev–Trinajstić information content (AvgIpc) is 3.25. The van der Waals surface area contributed by atoms with Crippen molar-refractivity contribution in [3.8, 4) is 17.0 Å². The summed E-state index contributed by atoms with van der Waals surface area (Å²) >= 11 is 0. The first kappa shape index (κ1) is 23.2. The number of methoxy groups -OCH3 is 1. The van der Waals surface area contributed by atoms with E-state index in [4.69, 9.17) is 4.74 Å². The molecule has 8 heteroatoms. The van der Waals surface area contributed by atoms with E-state index in [1.165, 1.54) is 0 Å². The normalized spacial score (nSPS) is 12.9. The highest BCUT2D eigenvalue weighted by Crippen LogP contribution is 2.33. The van der Waals surface area contributed by atoms with Crippen LogP contribution in [0.1, 0.15) is 35.7 Å². The topological polar surface area (TPSA) is 94.0 Å². The quantitative estimate of drug-likeness (QED) is 0.410. The van der Waals surface area contributed by atoms with Gasteiger partial charge in [0.1, 0.15) is 17.9 Å². The molecule has 2 atom stereocenters. The van der Waals surface area contributed by atoms with Crippen LogP contribution in [0, 0.1) is 5.92 Å². The van der Waals surface area contributed by atoms with E-state index in [1.54, 1.807) is 26.6 Å². The molecule has 0 bridgehead atoms. The molecule has 4 aromatic rings. The van der Waals surface area contributed by atoms with Crippen molar-refractivity contribution < 1.29 is 9.53 Å². The second-order valence-corrected chi connectivity index (χ2v) is 8.53. The van der Waals surface area contributed by atoms with Gasteiger partial charge in [0.15, 0.2) is 0 Å². The maximum Gasteiger partial charge on any atom is 0.251 e. The predicted molar refractivity (Wildman–Crippen MR) is 134 cm³/mol. The van der Waals surface area contributed by atoms with Gasteiger partial charge in [0.25, 0.3) is 5.91 Å². The SMILES string of the molecule is CNC(=O)c1ccc(C(C)[C@H](C)CNc2cc(-c3ccc4c(c3)ncn4C)ncn2)c(OC)c1. The van der Waals surface area contributed by atoms with Crippen LogP contribution in [0.5, 0.6) is 5.75 Å². The van der Waals surface area contributed by atoms with Crippen LogP contribution in [0.15, 0.2) is 55.1 Å². The number of benzene rings is 2. The molecule has 2 N–H and O–H groups in total. The molecule has 0 saturated heterocycles. The molecule has 4 rings (SSSR count). The number of imidazole rings is 1. The first-order valence-corrected chi connectivity index (χ1v) is 11.3. The fourth-order valence-electron chi connectivity index (χ4n) is 4.03. The summed E-state index contributed by atoms with van der Waals surface area (Å²) in [5.41, 5.74) is 5.51. The monoisotopic (exact) mass is 458 g/mol. The molecule has 2 aromatic heterocycles. The highest BCUT2D eigenvalue weighted by Gasteiger charge is 2.20. The summed E-state index contributed by atoms with van der Waals surface area (Å²) in [4.78, 5) is 25.2. The molecule has 2 heterocycles. The zero-order chi connectivity index (χ0) is 24.2. The number of rotatable bonds is 8. The molecular weight excluding hydrogens is 428 g/mol. The zero-order valence-corrected chi connectivity index (χ0v) is 20.2. The molecular formula is C26H30N6O2. The molecule has 0 saturated carbocycles. The lowest BCUT2D eigenvalue weighted by Gasteiger charge is -2.23. The maximum atomic E-state index is 12.0. The summed E-state index contributed by atoms with van der Waals surface area (Å²) in [6.45, 7) is 5.06. The van der Waals surface area contributed by atoms with E-state index in [0.717, 1.165) is 46.0 Å². The van der Waals surface area contributed by atoms with Gasteiger partial charge in [0.05, 0.1) is 30.2 Å². The molecule has 1 unspecified atom stereocenters. The van der Waals surface area contributed by atoms with E-state index < -0.39 is 0 Å². The largest absolute Gasteiger partial charge is 0.496 e. The third kappa shape index (κ3) is 4.71. The smallest absolute Gasteiger partial charge is 0.251 e. The number of anilines is 1. The Morgan fingerprint density at radius 1 is 1.09 bits per heavy atom. The number of hydrogen-bond acceptors (Lipinski definition) is 6. The molecule has 1 amide bonds. The molecule has 8 nitrogen and oxygen atoms in total. The highest BCUT2D eigenvalue weighted by molar-refractivity contribution is 5.94. The number of nitrogens with zero attached hydrogens (tertiary/aromatic N) is 4. The first-order chi connectivity index (χ1) is 16.4. The van der Waals surface area contributed by atoms with E-state index in [2.05, 4.69) is 51.6 Å². The van der Waals surface area contributed by atoms with E-state index in [1.807, 2.05) is 42.2 Å². The van der Waals surface area contributed by atoms with Crippen molar-refractivity contribution in [1.29, 1.82) is 0 Å². The molecule has 0 aliphatic carbocycles. The summed E-state index contributed by atoms with van der Waals surface area (Å²) in [7, 11) is 5.23. The lowest BCUT2D eigenvalue weighted by molar-refractivity contribution is 0.0962. The van der Waals surface area contributed by atoms with E-state index >= 15 is 0 Å². The van der Waals surface area contributed by atoms with Gasteiger partial charge in [-0.25, -0.2) is 15.0 Å². The van der Waals surface area contributed by atoms with Gasteiger partial charge in [-0.15, -0.1) is 0 Å². The minimum atomic E-state index is -0.131. The summed E-state index contributed by atoms with van der Waals surface area (Å²) in [6, 6.07) is 13.7. The number of fused-ring (bicyclic) bond motifs is 1. The Balaban J connectivity index is 1.46. The van der Waals surface area contributed by atoms with Crippen LogP contribution in [0.4, 0.5) is 5.82 Å². The van der Waals surface area contributed by atoms with Crippen molar-refractivity contribution in [3.63, 3.8) is 0 Å². The van der Waals surface area contributed by atoms with Gasteiger partial charge in [-0.3, -0.25) is 4.79 Å². The molecule has 34 heavy (non-hydrogen) atoms. The van der Waals surface area contributed by atoms with Gasteiger partial charge >= 0.3 is 0 Å². The molecule has 0 aliphatic rings. The number of carbonyl (C=O) groups is 1. The van der Waals surface area contributed by atoms with Crippen molar-refractivity contribution in [2.45, 2.75) is 19.8 Å². The van der Waals surface area contributed by atoms with Crippen LogP contribution in [0.2, 0.25) is 0 Å². The second-order valence-electron chi connectivity index (χ2n) is 8.53. The van der Waals surface area contributed by atoms with Gasteiger partial charge < -0.3 is 19.9 Å². The Kier molecular flexibility index (Phi) is 6.77. The lowest BCUT2D eigenvalue weighted by Crippen LogP contribution is -2.20. The van der Waals surface area contributed by atoms with E-state index in [0.29, 0.717) is 5.56 Å². The van der Waals surface area contributed by atoms with Crippen molar-refractivity contribution in [2.75, 3.05) is 26.0 Å². The van der Waals surface area contributed by atoms with Gasteiger partial charge in [-0.2, -0.15) is 0 Å². The number of carbonyl (C=O) groups excluding carboxylic acids is 1. The summed E-state index contributed by atoms with van der Waals surface area (Å²) in [6.07, 6.45) is 3.39. The highest BCUT2D eigenvalue weighted by atomic mass is 16.5. The fourth-order valence-corrected chi connectivity index (χ4v) is 4.03. The Bertz CT molecular complexity index is 1320. The summed E-state index contributed by atoms with van der Waals surface area (Å²) in [5, 5.41) is 6.09. The standard InChI is InChI=1S/C26H30N6O2/c1-16(17(2)20-8-6-19(26(33)27-3)11-24(20)34-5)13-28-25-12-21(29-14-30-25)18-7-9-23-22(10-18)31-15-32(23)4/h6-12,14-17H,13H2,1-5H3,(H,27,33)(H,28,29,30)/t16-,17?/m1/s1. The predicted octanol–water partition coefficient (Wildman–Crippen LogP) is 4.25. The number of amides is 1. The maximum absolute atomic E-state index is 12.0. The van der Waals surface area contributed by atoms with Crippen LogP contribution < -0.4 is 15.4 Å². The molecule has 0 radical (unpaired) electrons. The Labute approximate surface area is 199 Å². The van der Waals surface area contributed by atoms with E-state index in [-0.39, 0.29) is 17.7 Å². The Morgan fingerprint density at radius 2 is 1.91 bits per heavy atom. The van der Waals surface area contributed by atoms with Crippen LogP contribution in [-0.2, 0) is 7.05 Å². The van der Waals surface area contributed by atoms with Crippen molar-refractivity contribution in [2.24, 2.45) is 13.0 Å². The minimum absolute atomic E-state index is 0.131. The Morgan fingerprint density at radius 3 is 2.68 bits per heavy atom. The van der Waals surface area contributed by atoms with Crippen LogP contribution in [0.3, 0.4) is 0 Å². The fraction of sp³-hybridized carbons (Fsp3) is 0.308. The molecule has 0 spiro atoms. The Hall–Kier alpha value is -3.94. The van der Waals surface area contributed by atoms with Crippen molar-refractivity contribution in [3.05, 3.63) is 66.2 Å². The number of aromatic nitrogens is 4. The first-order valence-electron chi connectivity index (χ1n) is 11.3. The van der Waals surface area contributed by atoms with E-state index in [9.17, 15) is 4.79 Å². The number of nitrogens with one attached hydrogen (secondary N) is 2.